The van der Waals surface area contributed by atoms with Crippen LogP contribution in [0.3, 0.4) is 0 Å². The molecule has 1 saturated heterocycles. The quantitative estimate of drug-likeness (QED) is 0.876. The van der Waals surface area contributed by atoms with Crippen LogP contribution in [0.5, 0.6) is 0 Å². The molecular formula is C17H27FN2O. The van der Waals surface area contributed by atoms with Gasteiger partial charge in [0.05, 0.1) is 12.1 Å². The van der Waals surface area contributed by atoms with Crippen LogP contribution in [-0.4, -0.2) is 36.7 Å². The van der Waals surface area contributed by atoms with Crippen molar-refractivity contribution in [2.24, 2.45) is 5.73 Å². The molecule has 0 bridgehead atoms. The molecule has 3 atom stereocenters. The molecule has 118 valence electrons. The molecule has 0 saturated carbocycles. The zero-order valence-corrected chi connectivity index (χ0v) is 13.1. The van der Waals surface area contributed by atoms with Crippen molar-refractivity contribution in [1.82, 2.24) is 4.90 Å². The lowest BCUT2D eigenvalue weighted by Gasteiger charge is -2.40. The third-order valence-electron chi connectivity index (χ3n) is 4.08. The summed E-state index contributed by atoms with van der Waals surface area (Å²) in [5.74, 6) is -0.170. The van der Waals surface area contributed by atoms with Crippen molar-refractivity contribution in [2.75, 3.05) is 19.7 Å². The topological polar surface area (TPSA) is 38.5 Å². The molecule has 2 N–H and O–H groups in total. The predicted molar refractivity (Wildman–Crippen MR) is 83.6 cm³/mol. The summed E-state index contributed by atoms with van der Waals surface area (Å²) in [5.41, 5.74) is 6.86. The fraction of sp³-hybridized carbons (Fsp3) is 0.647. The van der Waals surface area contributed by atoms with E-state index in [1.54, 1.807) is 6.07 Å². The first-order valence-corrected chi connectivity index (χ1v) is 7.99. The molecule has 21 heavy (non-hydrogen) atoms. The summed E-state index contributed by atoms with van der Waals surface area (Å²) in [5, 5.41) is 0. The van der Waals surface area contributed by atoms with E-state index in [1.807, 2.05) is 19.1 Å². The standard InChI is InChI=1S/C17H27FN2O/c1-3-11-21-14-7-6-10-20(12-14)17(13(2)19)15-8-4-5-9-16(15)18/h4-5,8-9,13-14,17H,3,6-7,10-12,19H2,1-2H3. The van der Waals surface area contributed by atoms with Gasteiger partial charge in [-0.25, -0.2) is 4.39 Å². The van der Waals surface area contributed by atoms with Crippen LogP contribution in [0.2, 0.25) is 0 Å². The third-order valence-corrected chi connectivity index (χ3v) is 4.08. The van der Waals surface area contributed by atoms with Crippen LogP contribution in [0.15, 0.2) is 24.3 Å². The van der Waals surface area contributed by atoms with E-state index in [1.165, 1.54) is 6.07 Å². The van der Waals surface area contributed by atoms with Gasteiger partial charge in [0.1, 0.15) is 5.82 Å². The van der Waals surface area contributed by atoms with Gasteiger partial charge in [0.25, 0.3) is 0 Å². The van der Waals surface area contributed by atoms with Crippen LogP contribution < -0.4 is 5.73 Å². The average molecular weight is 294 g/mol. The van der Waals surface area contributed by atoms with Crippen molar-refractivity contribution >= 4 is 0 Å². The molecule has 1 aromatic carbocycles. The average Bonchev–Trinajstić information content (AvgIpc) is 2.47. The highest BCUT2D eigenvalue weighted by atomic mass is 19.1. The van der Waals surface area contributed by atoms with Gasteiger partial charge in [-0.2, -0.15) is 0 Å². The summed E-state index contributed by atoms with van der Waals surface area (Å²) >= 11 is 0. The second-order valence-corrected chi connectivity index (χ2v) is 5.96. The van der Waals surface area contributed by atoms with E-state index >= 15 is 0 Å². The van der Waals surface area contributed by atoms with Crippen LogP contribution in [0.25, 0.3) is 0 Å². The Morgan fingerprint density at radius 3 is 2.86 bits per heavy atom. The van der Waals surface area contributed by atoms with Gasteiger partial charge in [-0.05, 0) is 38.8 Å². The lowest BCUT2D eigenvalue weighted by molar-refractivity contribution is -0.0160. The van der Waals surface area contributed by atoms with Gasteiger partial charge in [-0.15, -0.1) is 0 Å². The molecule has 1 fully saturated rings. The van der Waals surface area contributed by atoms with Crippen LogP contribution in [0.1, 0.15) is 44.7 Å². The molecule has 0 amide bonds. The number of halogens is 1. The summed E-state index contributed by atoms with van der Waals surface area (Å²) in [6.45, 7) is 6.65. The van der Waals surface area contributed by atoms with E-state index < -0.39 is 0 Å². The summed E-state index contributed by atoms with van der Waals surface area (Å²) in [4.78, 5) is 2.28. The molecule has 1 heterocycles. The lowest BCUT2D eigenvalue weighted by atomic mass is 9.95. The van der Waals surface area contributed by atoms with Crippen LogP contribution >= 0.6 is 0 Å². The molecule has 3 unspecified atom stereocenters. The summed E-state index contributed by atoms with van der Waals surface area (Å²) < 4.78 is 20.0. The number of hydrogen-bond donors (Lipinski definition) is 1. The number of likely N-dealkylation sites (tertiary alicyclic amines) is 1. The first kappa shape index (κ1) is 16.4. The smallest absolute Gasteiger partial charge is 0.128 e. The minimum Gasteiger partial charge on any atom is -0.377 e. The molecule has 0 radical (unpaired) electrons. The highest BCUT2D eigenvalue weighted by molar-refractivity contribution is 5.23. The fourth-order valence-corrected chi connectivity index (χ4v) is 3.17. The molecule has 2 rings (SSSR count). The zero-order chi connectivity index (χ0) is 15.2. The highest BCUT2D eigenvalue weighted by Gasteiger charge is 2.30. The Morgan fingerprint density at radius 2 is 2.19 bits per heavy atom. The van der Waals surface area contributed by atoms with E-state index in [-0.39, 0.29) is 24.0 Å². The predicted octanol–water partition coefficient (Wildman–Crippen LogP) is 3.11. The molecule has 3 nitrogen and oxygen atoms in total. The van der Waals surface area contributed by atoms with Crippen molar-refractivity contribution < 1.29 is 9.13 Å². The Kier molecular flexibility index (Phi) is 6.15. The molecular weight excluding hydrogens is 267 g/mol. The molecule has 1 aliphatic rings. The van der Waals surface area contributed by atoms with Crippen LogP contribution in [0.4, 0.5) is 4.39 Å². The van der Waals surface area contributed by atoms with E-state index in [2.05, 4.69) is 11.8 Å². The van der Waals surface area contributed by atoms with Gasteiger partial charge in [0, 0.05) is 24.8 Å². The molecule has 0 aliphatic carbocycles. The molecule has 1 aromatic rings. The fourth-order valence-electron chi connectivity index (χ4n) is 3.17. The number of ether oxygens (including phenoxy) is 1. The van der Waals surface area contributed by atoms with E-state index in [9.17, 15) is 4.39 Å². The number of benzene rings is 1. The molecule has 0 spiro atoms. The second-order valence-electron chi connectivity index (χ2n) is 5.96. The molecule has 1 aliphatic heterocycles. The van der Waals surface area contributed by atoms with E-state index in [0.717, 1.165) is 39.0 Å². The van der Waals surface area contributed by atoms with Crippen LogP contribution in [0, 0.1) is 5.82 Å². The summed E-state index contributed by atoms with van der Waals surface area (Å²) in [6, 6.07) is 6.76. The first-order valence-electron chi connectivity index (χ1n) is 7.99. The number of hydrogen-bond acceptors (Lipinski definition) is 3. The maximum atomic E-state index is 14.1. The minimum atomic E-state index is -0.170. The van der Waals surface area contributed by atoms with Gasteiger partial charge < -0.3 is 10.5 Å². The van der Waals surface area contributed by atoms with Gasteiger partial charge in [-0.3, -0.25) is 4.90 Å². The third kappa shape index (κ3) is 4.25. The van der Waals surface area contributed by atoms with Gasteiger partial charge in [0.2, 0.25) is 0 Å². The van der Waals surface area contributed by atoms with E-state index in [4.69, 9.17) is 10.5 Å². The normalized spacial score (nSPS) is 23.0. The number of nitrogens with zero attached hydrogens (tertiary/aromatic N) is 1. The second kappa shape index (κ2) is 7.87. The zero-order valence-electron chi connectivity index (χ0n) is 13.1. The Bertz CT molecular complexity index is 439. The van der Waals surface area contributed by atoms with Crippen molar-refractivity contribution in [1.29, 1.82) is 0 Å². The maximum absolute atomic E-state index is 14.1. The Morgan fingerprint density at radius 1 is 1.43 bits per heavy atom. The largest absolute Gasteiger partial charge is 0.377 e. The maximum Gasteiger partial charge on any atom is 0.128 e. The van der Waals surface area contributed by atoms with Crippen LogP contribution in [-0.2, 0) is 4.74 Å². The summed E-state index contributed by atoms with van der Waals surface area (Å²) in [7, 11) is 0. The van der Waals surface area contributed by atoms with Gasteiger partial charge in [-0.1, -0.05) is 25.1 Å². The molecule has 4 heteroatoms. The Hall–Kier alpha value is -0.970. The van der Waals surface area contributed by atoms with Gasteiger partial charge in [0.15, 0.2) is 0 Å². The SMILES string of the molecule is CCCOC1CCCN(C(c2ccccc2F)C(C)N)C1. The van der Waals surface area contributed by atoms with Crippen molar-refractivity contribution in [3.8, 4) is 0 Å². The number of piperidine rings is 1. The van der Waals surface area contributed by atoms with Crippen molar-refractivity contribution in [3.05, 3.63) is 35.6 Å². The monoisotopic (exact) mass is 294 g/mol. The van der Waals surface area contributed by atoms with E-state index in [0.29, 0.717) is 5.56 Å². The minimum absolute atomic E-state index is 0.0840. The first-order chi connectivity index (χ1) is 10.1. The number of nitrogens with two attached hydrogens (primary N) is 1. The summed E-state index contributed by atoms with van der Waals surface area (Å²) in [6.07, 6.45) is 3.43. The number of rotatable bonds is 6. The molecule has 0 aromatic heterocycles. The lowest BCUT2D eigenvalue weighted by Crippen LogP contribution is -2.47. The Labute approximate surface area is 127 Å². The van der Waals surface area contributed by atoms with Gasteiger partial charge >= 0.3 is 0 Å². The highest BCUT2D eigenvalue weighted by Crippen LogP contribution is 2.29. The van der Waals surface area contributed by atoms with Crippen molar-refractivity contribution in [3.63, 3.8) is 0 Å². The van der Waals surface area contributed by atoms with Crippen molar-refractivity contribution in [2.45, 2.75) is 51.3 Å². The Balaban J connectivity index is 2.13.